The number of aromatic nitrogens is 2. The van der Waals surface area contributed by atoms with Crippen molar-refractivity contribution in [3.8, 4) is 0 Å². The van der Waals surface area contributed by atoms with Crippen molar-refractivity contribution in [3.63, 3.8) is 0 Å². The Balaban J connectivity index is 1.37. The predicted octanol–water partition coefficient (Wildman–Crippen LogP) is 3.01. The van der Waals surface area contributed by atoms with Crippen LogP contribution in [-0.4, -0.2) is 63.7 Å². The van der Waals surface area contributed by atoms with Crippen molar-refractivity contribution in [2.75, 3.05) is 32.8 Å². The highest BCUT2D eigenvalue weighted by atomic mass is 16.3. The molecule has 0 amide bonds. The zero-order valence-corrected chi connectivity index (χ0v) is 15.7. The molecule has 4 rings (SSSR count). The van der Waals surface area contributed by atoms with Crippen LogP contribution in [0.2, 0.25) is 0 Å². The maximum absolute atomic E-state index is 9.55. The second kappa shape index (κ2) is 8.51. The van der Waals surface area contributed by atoms with Crippen LogP contribution in [0.1, 0.15) is 44.3 Å². The zero-order valence-electron chi connectivity index (χ0n) is 15.7. The molecule has 0 bridgehead atoms. The predicted molar refractivity (Wildman–Crippen MR) is 105 cm³/mol. The van der Waals surface area contributed by atoms with Crippen LogP contribution in [0.5, 0.6) is 0 Å². The lowest BCUT2D eigenvalue weighted by Crippen LogP contribution is -2.54. The molecule has 0 spiro atoms. The number of imidazole rings is 1. The smallest absolute Gasteiger partial charge is 0.121 e. The molecule has 5 nitrogen and oxygen atoms in total. The summed E-state index contributed by atoms with van der Waals surface area (Å²) in [6, 6.07) is 8.70. The van der Waals surface area contributed by atoms with Gasteiger partial charge in [-0.15, -0.1) is 0 Å². The summed E-state index contributed by atoms with van der Waals surface area (Å²) < 4.78 is 0. The minimum absolute atomic E-state index is 0.282. The quantitative estimate of drug-likeness (QED) is 0.835. The molecule has 1 aromatic carbocycles. The van der Waals surface area contributed by atoms with Crippen LogP contribution in [-0.2, 0) is 6.54 Å². The summed E-state index contributed by atoms with van der Waals surface area (Å²) in [5, 5.41) is 9.55. The average Bonchev–Trinajstić information content (AvgIpc) is 3.07. The Hall–Kier alpha value is -1.43. The van der Waals surface area contributed by atoms with Gasteiger partial charge in [-0.2, -0.15) is 0 Å². The van der Waals surface area contributed by atoms with Gasteiger partial charge in [0.2, 0.25) is 0 Å². The van der Waals surface area contributed by atoms with E-state index in [1.807, 2.05) is 12.1 Å². The van der Waals surface area contributed by atoms with Gasteiger partial charge in [0.1, 0.15) is 5.82 Å². The van der Waals surface area contributed by atoms with E-state index in [9.17, 15) is 5.11 Å². The fourth-order valence-electron chi connectivity index (χ4n) is 4.76. The minimum atomic E-state index is 0.282. The number of nitrogens with zero attached hydrogens (tertiary/aromatic N) is 3. The molecule has 1 atom stereocenters. The van der Waals surface area contributed by atoms with E-state index in [0.29, 0.717) is 6.04 Å². The van der Waals surface area contributed by atoms with Gasteiger partial charge in [0.25, 0.3) is 0 Å². The van der Waals surface area contributed by atoms with Crippen LogP contribution in [0.25, 0.3) is 11.0 Å². The Bertz CT molecular complexity index is 661. The maximum Gasteiger partial charge on any atom is 0.121 e. The third kappa shape index (κ3) is 4.27. The van der Waals surface area contributed by atoms with Gasteiger partial charge in [-0.05, 0) is 37.3 Å². The van der Waals surface area contributed by atoms with Crippen molar-refractivity contribution in [2.24, 2.45) is 5.92 Å². The maximum atomic E-state index is 9.55. The van der Waals surface area contributed by atoms with Crippen LogP contribution in [0.15, 0.2) is 24.3 Å². The Morgan fingerprint density at radius 3 is 2.77 bits per heavy atom. The number of hydrogen-bond acceptors (Lipinski definition) is 4. The summed E-state index contributed by atoms with van der Waals surface area (Å²) in [7, 11) is 0. The lowest BCUT2D eigenvalue weighted by molar-refractivity contribution is 0.0391. The van der Waals surface area contributed by atoms with Crippen LogP contribution < -0.4 is 0 Å². The van der Waals surface area contributed by atoms with Crippen molar-refractivity contribution in [1.82, 2.24) is 19.8 Å². The van der Waals surface area contributed by atoms with Gasteiger partial charge < -0.3 is 10.1 Å². The molecule has 2 N–H and O–H groups in total. The fourth-order valence-corrected chi connectivity index (χ4v) is 4.76. The highest BCUT2D eigenvalue weighted by Crippen LogP contribution is 2.26. The Morgan fingerprint density at radius 2 is 1.96 bits per heavy atom. The van der Waals surface area contributed by atoms with Crippen LogP contribution >= 0.6 is 0 Å². The lowest BCUT2D eigenvalue weighted by Gasteiger charge is -2.43. The molecule has 1 aliphatic carbocycles. The van der Waals surface area contributed by atoms with Gasteiger partial charge in [-0.25, -0.2) is 4.98 Å². The number of aliphatic hydroxyl groups is 1. The normalized spacial score (nSPS) is 23.7. The number of piperazine rings is 1. The van der Waals surface area contributed by atoms with E-state index < -0.39 is 0 Å². The second-order valence-corrected chi connectivity index (χ2v) is 8.10. The number of aliphatic hydroxyl groups excluding tert-OH is 1. The zero-order chi connectivity index (χ0) is 17.8. The number of benzene rings is 1. The largest absolute Gasteiger partial charge is 0.396 e. The minimum Gasteiger partial charge on any atom is -0.396 e. The molecule has 2 aromatic rings. The molecule has 0 radical (unpaired) electrons. The molecule has 5 heteroatoms. The highest BCUT2D eigenvalue weighted by Gasteiger charge is 2.29. The van der Waals surface area contributed by atoms with E-state index in [2.05, 4.69) is 26.9 Å². The molecule has 2 fully saturated rings. The molecule has 1 aromatic heterocycles. The van der Waals surface area contributed by atoms with E-state index in [1.165, 1.54) is 38.6 Å². The standard InChI is InChI=1S/C21H32N4O/c26-13-10-18-15-24(11-12-25(18)14-17-6-2-1-3-7-17)16-21-22-19-8-4-5-9-20(19)23-21/h4-5,8-9,17-18,26H,1-3,6-7,10-16H2,(H,22,23). The molecule has 26 heavy (non-hydrogen) atoms. The average molecular weight is 357 g/mol. The van der Waals surface area contributed by atoms with Crippen molar-refractivity contribution in [3.05, 3.63) is 30.1 Å². The number of hydrogen-bond donors (Lipinski definition) is 2. The fraction of sp³-hybridized carbons (Fsp3) is 0.667. The van der Waals surface area contributed by atoms with E-state index in [0.717, 1.165) is 55.4 Å². The van der Waals surface area contributed by atoms with Gasteiger partial charge >= 0.3 is 0 Å². The third-order valence-corrected chi connectivity index (χ3v) is 6.18. The number of rotatable bonds is 6. The Morgan fingerprint density at radius 1 is 1.12 bits per heavy atom. The van der Waals surface area contributed by atoms with Crippen molar-refractivity contribution in [1.29, 1.82) is 0 Å². The first-order valence-corrected chi connectivity index (χ1v) is 10.3. The highest BCUT2D eigenvalue weighted by molar-refractivity contribution is 5.74. The van der Waals surface area contributed by atoms with Crippen molar-refractivity contribution in [2.45, 2.75) is 51.1 Å². The van der Waals surface area contributed by atoms with E-state index >= 15 is 0 Å². The molecular weight excluding hydrogens is 324 g/mol. The molecule has 1 saturated heterocycles. The first kappa shape index (κ1) is 18.0. The molecular formula is C21H32N4O. The topological polar surface area (TPSA) is 55.4 Å². The summed E-state index contributed by atoms with van der Waals surface area (Å²) in [6.07, 6.45) is 7.89. The third-order valence-electron chi connectivity index (χ3n) is 6.18. The molecule has 1 unspecified atom stereocenters. The summed E-state index contributed by atoms with van der Waals surface area (Å²) in [5.74, 6) is 1.92. The van der Waals surface area contributed by atoms with E-state index in [1.54, 1.807) is 0 Å². The number of nitrogens with one attached hydrogen (secondary N) is 1. The monoisotopic (exact) mass is 356 g/mol. The van der Waals surface area contributed by atoms with E-state index in [-0.39, 0.29) is 6.61 Å². The first-order chi connectivity index (χ1) is 12.8. The number of fused-ring (bicyclic) bond motifs is 1. The van der Waals surface area contributed by atoms with Crippen molar-refractivity contribution < 1.29 is 5.11 Å². The van der Waals surface area contributed by atoms with E-state index in [4.69, 9.17) is 4.98 Å². The molecule has 1 saturated carbocycles. The number of para-hydroxylation sites is 2. The summed E-state index contributed by atoms with van der Waals surface area (Å²) in [4.78, 5) is 13.3. The van der Waals surface area contributed by atoms with Gasteiger partial charge in [-0.3, -0.25) is 9.80 Å². The number of aromatic amines is 1. The Kier molecular flexibility index (Phi) is 5.88. The number of H-pyrrole nitrogens is 1. The summed E-state index contributed by atoms with van der Waals surface area (Å²) in [6.45, 7) is 5.61. The molecule has 2 heterocycles. The van der Waals surface area contributed by atoms with Crippen LogP contribution in [0, 0.1) is 5.92 Å². The Labute approximate surface area is 156 Å². The SMILES string of the molecule is OCCC1CN(Cc2nc3ccccc3[nH]2)CCN1CC1CCCCC1. The second-order valence-electron chi connectivity index (χ2n) is 8.10. The molecule has 142 valence electrons. The summed E-state index contributed by atoms with van der Waals surface area (Å²) in [5.41, 5.74) is 2.16. The first-order valence-electron chi connectivity index (χ1n) is 10.3. The molecule has 2 aliphatic rings. The van der Waals surface area contributed by atoms with Gasteiger partial charge in [0.15, 0.2) is 0 Å². The molecule has 1 aliphatic heterocycles. The summed E-state index contributed by atoms with van der Waals surface area (Å²) >= 11 is 0. The van der Waals surface area contributed by atoms with Gasteiger partial charge in [-0.1, -0.05) is 31.4 Å². The van der Waals surface area contributed by atoms with Crippen LogP contribution in [0.3, 0.4) is 0 Å². The van der Waals surface area contributed by atoms with Crippen LogP contribution in [0.4, 0.5) is 0 Å². The van der Waals surface area contributed by atoms with Gasteiger partial charge in [0.05, 0.1) is 17.6 Å². The van der Waals surface area contributed by atoms with Gasteiger partial charge in [0, 0.05) is 38.8 Å². The lowest BCUT2D eigenvalue weighted by atomic mass is 9.88. The van der Waals surface area contributed by atoms with Crippen molar-refractivity contribution >= 4 is 11.0 Å².